The smallest absolute Gasteiger partial charge is 0.414 e. The number of carbonyl (C=O) groups is 2. The second-order valence-electron chi connectivity index (χ2n) is 8.44. The van der Waals surface area contributed by atoms with E-state index in [4.69, 9.17) is 21.7 Å². The third kappa shape index (κ3) is 5.90. The van der Waals surface area contributed by atoms with Gasteiger partial charge in [0.25, 0.3) is 0 Å². The van der Waals surface area contributed by atoms with E-state index in [0.29, 0.717) is 44.1 Å². The van der Waals surface area contributed by atoms with Crippen LogP contribution in [0.2, 0.25) is 0 Å². The molecule has 0 spiro atoms. The van der Waals surface area contributed by atoms with Crippen LogP contribution in [0.5, 0.6) is 0 Å². The number of hydrogen-bond acceptors (Lipinski definition) is 6. The van der Waals surface area contributed by atoms with Gasteiger partial charge in [0.05, 0.1) is 37.7 Å². The molecule has 2 aliphatic rings. The second-order valence-corrected chi connectivity index (χ2v) is 8.94. The molecule has 2 saturated heterocycles. The number of anilines is 2. The first kappa shape index (κ1) is 24.1. The van der Waals surface area contributed by atoms with E-state index in [1.54, 1.807) is 12.1 Å². The molecule has 2 heterocycles. The summed E-state index contributed by atoms with van der Waals surface area (Å²) < 4.78 is 25.4. The maximum Gasteiger partial charge on any atom is 0.414 e. The van der Waals surface area contributed by atoms with E-state index < -0.39 is 18.0 Å². The number of nitrogens with zero attached hydrogens (tertiary/aromatic N) is 2. The number of aryl methyl sites for hydroxylation is 1. The van der Waals surface area contributed by atoms with Crippen molar-refractivity contribution in [1.29, 1.82) is 0 Å². The van der Waals surface area contributed by atoms with E-state index in [2.05, 4.69) is 5.32 Å². The van der Waals surface area contributed by atoms with Crippen LogP contribution in [0.4, 0.5) is 20.6 Å². The summed E-state index contributed by atoms with van der Waals surface area (Å²) in [5.41, 5.74) is 3.02. The number of amides is 2. The van der Waals surface area contributed by atoms with Gasteiger partial charge in [0.1, 0.15) is 11.9 Å². The van der Waals surface area contributed by atoms with Gasteiger partial charge in [-0.1, -0.05) is 42.0 Å². The largest absolute Gasteiger partial charge is 0.442 e. The SMILES string of the molecule is Cc1ccc(C(=S)CCC(=O)NC[C@H]2CN(c3ccc(N4CCOCC4)c(F)c3)C(=O)O2)cc1. The van der Waals surface area contributed by atoms with Crippen LogP contribution in [0, 0.1) is 12.7 Å². The van der Waals surface area contributed by atoms with Gasteiger partial charge in [0, 0.05) is 24.4 Å². The molecule has 2 aromatic rings. The van der Waals surface area contributed by atoms with Crippen LogP contribution in [0.1, 0.15) is 24.0 Å². The van der Waals surface area contributed by atoms with Gasteiger partial charge < -0.3 is 19.7 Å². The Kier molecular flexibility index (Phi) is 7.74. The van der Waals surface area contributed by atoms with E-state index in [-0.39, 0.29) is 25.4 Å². The lowest BCUT2D eigenvalue weighted by atomic mass is 10.1. The van der Waals surface area contributed by atoms with Crippen molar-refractivity contribution in [3.05, 3.63) is 59.4 Å². The number of ether oxygens (including phenoxy) is 2. The fraction of sp³-hybridized carbons (Fsp3) is 0.400. The van der Waals surface area contributed by atoms with Gasteiger partial charge in [-0.3, -0.25) is 9.69 Å². The van der Waals surface area contributed by atoms with Gasteiger partial charge in [-0.15, -0.1) is 0 Å². The molecule has 1 N–H and O–H groups in total. The Bertz CT molecular complexity index is 1060. The Labute approximate surface area is 203 Å². The van der Waals surface area contributed by atoms with Crippen LogP contribution in [0.25, 0.3) is 0 Å². The van der Waals surface area contributed by atoms with Crippen LogP contribution >= 0.6 is 12.2 Å². The highest BCUT2D eigenvalue weighted by atomic mass is 32.1. The summed E-state index contributed by atoms with van der Waals surface area (Å²) in [4.78, 5) is 28.7. The molecule has 0 aliphatic carbocycles. The predicted octanol–water partition coefficient (Wildman–Crippen LogP) is 3.61. The Balaban J connectivity index is 1.25. The zero-order valence-corrected chi connectivity index (χ0v) is 19.9. The van der Waals surface area contributed by atoms with Crippen LogP contribution < -0.4 is 15.1 Å². The van der Waals surface area contributed by atoms with Crippen molar-refractivity contribution >= 4 is 40.5 Å². The fourth-order valence-corrected chi connectivity index (χ4v) is 4.23. The number of benzene rings is 2. The molecule has 0 unspecified atom stereocenters. The first-order valence-electron chi connectivity index (χ1n) is 11.4. The van der Waals surface area contributed by atoms with Gasteiger partial charge in [0.2, 0.25) is 5.91 Å². The lowest BCUT2D eigenvalue weighted by Crippen LogP contribution is -2.37. The standard InChI is InChI=1S/C25H28FN3O4S/c1-17-2-4-18(5-3-17)23(34)8-9-24(30)27-15-20-16-29(25(31)33-20)19-6-7-22(21(26)14-19)28-10-12-32-13-11-28/h2-7,14,20H,8-13,15-16H2,1H3,(H,27,30)/t20-/m0/s1. The maximum absolute atomic E-state index is 14.7. The number of cyclic esters (lactones) is 1. The van der Waals surface area contributed by atoms with E-state index in [1.165, 1.54) is 11.0 Å². The van der Waals surface area contributed by atoms with Gasteiger partial charge in [-0.25, -0.2) is 9.18 Å². The Hall–Kier alpha value is -3.04. The molecule has 2 amide bonds. The summed E-state index contributed by atoms with van der Waals surface area (Å²) in [5, 5.41) is 2.80. The minimum absolute atomic E-state index is 0.162. The van der Waals surface area contributed by atoms with Crippen LogP contribution in [0.15, 0.2) is 42.5 Å². The van der Waals surface area contributed by atoms with E-state index in [1.807, 2.05) is 36.1 Å². The first-order valence-corrected chi connectivity index (χ1v) is 11.8. The minimum Gasteiger partial charge on any atom is -0.442 e. The van der Waals surface area contributed by atoms with Gasteiger partial charge in [-0.2, -0.15) is 0 Å². The summed E-state index contributed by atoms with van der Waals surface area (Å²) in [7, 11) is 0. The van der Waals surface area contributed by atoms with Crippen LogP contribution in [-0.2, 0) is 14.3 Å². The molecule has 0 aromatic heterocycles. The number of morpholine rings is 1. The van der Waals surface area contributed by atoms with Gasteiger partial charge >= 0.3 is 6.09 Å². The van der Waals surface area contributed by atoms with E-state index >= 15 is 0 Å². The third-order valence-electron chi connectivity index (χ3n) is 5.95. The third-order valence-corrected chi connectivity index (χ3v) is 6.39. The molecular weight excluding hydrogens is 457 g/mol. The van der Waals surface area contributed by atoms with Crippen molar-refractivity contribution < 1.29 is 23.5 Å². The molecule has 0 saturated carbocycles. The number of halogens is 1. The molecule has 0 radical (unpaired) electrons. The molecule has 2 aliphatic heterocycles. The van der Waals surface area contributed by atoms with E-state index in [0.717, 1.165) is 16.0 Å². The van der Waals surface area contributed by atoms with E-state index in [9.17, 15) is 14.0 Å². The molecule has 180 valence electrons. The average Bonchev–Trinajstić information content (AvgIpc) is 3.22. The number of nitrogens with one attached hydrogen (secondary N) is 1. The van der Waals surface area contributed by atoms with Gasteiger partial charge in [0.15, 0.2) is 0 Å². The maximum atomic E-state index is 14.7. The minimum atomic E-state index is -0.557. The molecule has 4 rings (SSSR count). The van der Waals surface area contributed by atoms with Crippen molar-refractivity contribution in [3.63, 3.8) is 0 Å². The molecule has 7 nitrogen and oxygen atoms in total. The van der Waals surface area contributed by atoms with Gasteiger partial charge in [-0.05, 0) is 37.1 Å². The van der Waals surface area contributed by atoms with Crippen LogP contribution in [0.3, 0.4) is 0 Å². The molecule has 0 bridgehead atoms. The van der Waals surface area contributed by atoms with Crippen molar-refractivity contribution in [2.24, 2.45) is 0 Å². The second kappa shape index (κ2) is 10.9. The average molecular weight is 486 g/mol. The first-order chi connectivity index (χ1) is 16.4. The highest BCUT2D eigenvalue weighted by Crippen LogP contribution is 2.28. The quantitative estimate of drug-likeness (QED) is 0.455. The summed E-state index contributed by atoms with van der Waals surface area (Å²) >= 11 is 5.42. The summed E-state index contributed by atoms with van der Waals surface area (Å²) in [5.74, 6) is -0.557. The molecule has 2 aromatic carbocycles. The zero-order chi connectivity index (χ0) is 24.1. The topological polar surface area (TPSA) is 71.1 Å². The zero-order valence-electron chi connectivity index (χ0n) is 19.1. The highest BCUT2D eigenvalue weighted by Gasteiger charge is 2.33. The molecular formula is C25H28FN3O4S. The Morgan fingerprint density at radius 3 is 2.59 bits per heavy atom. The van der Waals surface area contributed by atoms with Crippen molar-refractivity contribution in [2.45, 2.75) is 25.9 Å². The summed E-state index contributed by atoms with van der Waals surface area (Å²) in [6.45, 7) is 4.80. The lowest BCUT2D eigenvalue weighted by Gasteiger charge is -2.29. The normalized spacial score (nSPS) is 18.1. The summed E-state index contributed by atoms with van der Waals surface area (Å²) in [6, 6.07) is 12.6. The molecule has 1 atom stereocenters. The Morgan fingerprint density at radius 1 is 1.15 bits per heavy atom. The predicted molar refractivity (Wildman–Crippen MR) is 132 cm³/mol. The monoisotopic (exact) mass is 485 g/mol. The molecule has 2 fully saturated rings. The van der Waals surface area contributed by atoms with Crippen molar-refractivity contribution in [1.82, 2.24) is 5.32 Å². The number of rotatable bonds is 8. The van der Waals surface area contributed by atoms with Crippen LogP contribution in [-0.4, -0.2) is 62.4 Å². The molecule has 34 heavy (non-hydrogen) atoms. The Morgan fingerprint density at radius 2 is 1.88 bits per heavy atom. The molecule has 9 heteroatoms. The van der Waals surface area contributed by atoms with Crippen molar-refractivity contribution in [3.8, 4) is 0 Å². The fourth-order valence-electron chi connectivity index (χ4n) is 3.99. The number of carbonyl (C=O) groups excluding carboxylic acids is 2. The number of thiocarbonyl (C=S) groups is 1. The van der Waals surface area contributed by atoms with Crippen molar-refractivity contribution in [2.75, 3.05) is 49.2 Å². The lowest BCUT2D eigenvalue weighted by molar-refractivity contribution is -0.121. The highest BCUT2D eigenvalue weighted by molar-refractivity contribution is 7.80. The summed E-state index contributed by atoms with van der Waals surface area (Å²) in [6.07, 6.45) is -0.346. The number of hydrogen-bond donors (Lipinski definition) is 1.